The first-order chi connectivity index (χ1) is 17.2. The summed E-state index contributed by atoms with van der Waals surface area (Å²) in [4.78, 5) is 12.8. The minimum atomic E-state index is -0.440. The number of carbonyl (C=O) groups is 1. The van der Waals surface area contributed by atoms with Gasteiger partial charge in [0.25, 0.3) is 0 Å². The number of benzene rings is 1. The van der Waals surface area contributed by atoms with Gasteiger partial charge < -0.3 is 33.2 Å². The fourth-order valence-corrected chi connectivity index (χ4v) is 5.62. The van der Waals surface area contributed by atoms with Crippen LogP contribution in [0, 0.1) is 5.92 Å². The van der Waals surface area contributed by atoms with E-state index in [1.807, 2.05) is 0 Å². The Hall–Kier alpha value is -2.55. The van der Waals surface area contributed by atoms with Crippen LogP contribution in [0.5, 0.6) is 17.2 Å². The van der Waals surface area contributed by atoms with Gasteiger partial charge in [0.1, 0.15) is 23.4 Å². The van der Waals surface area contributed by atoms with Crippen molar-refractivity contribution in [2.24, 2.45) is 5.92 Å². The summed E-state index contributed by atoms with van der Waals surface area (Å²) in [5.74, 6) is 1.05. The van der Waals surface area contributed by atoms with Gasteiger partial charge in [-0.3, -0.25) is 0 Å². The molecule has 8 heteroatoms. The van der Waals surface area contributed by atoms with Crippen molar-refractivity contribution in [2.45, 2.75) is 69.5 Å². The van der Waals surface area contributed by atoms with Crippen LogP contribution in [0.15, 0.2) is 29.9 Å². The average Bonchev–Trinajstić information content (AvgIpc) is 3.78. The van der Waals surface area contributed by atoms with Gasteiger partial charge in [-0.25, -0.2) is 4.79 Å². The molecule has 6 atom stereocenters. The van der Waals surface area contributed by atoms with Crippen LogP contribution in [0.1, 0.15) is 45.6 Å². The third kappa shape index (κ3) is 5.12. The molecule has 3 fully saturated rings. The van der Waals surface area contributed by atoms with Crippen LogP contribution >= 0.6 is 0 Å². The van der Waals surface area contributed by atoms with Crippen LogP contribution in [0.3, 0.4) is 0 Å². The highest BCUT2D eigenvalue weighted by molar-refractivity contribution is 5.87. The lowest BCUT2D eigenvalue weighted by Gasteiger charge is -2.42. The van der Waals surface area contributed by atoms with E-state index in [0.717, 1.165) is 18.4 Å². The second kappa shape index (κ2) is 10.4. The molecule has 36 heavy (non-hydrogen) atoms. The van der Waals surface area contributed by atoms with Crippen molar-refractivity contribution in [1.29, 1.82) is 0 Å². The zero-order chi connectivity index (χ0) is 26.1. The molecule has 2 saturated heterocycles. The van der Waals surface area contributed by atoms with Crippen molar-refractivity contribution >= 4 is 12.0 Å². The number of carbonyl (C=O) groups excluding carboxylic acids is 1. The molecule has 0 aromatic heterocycles. The molecule has 198 valence electrons. The zero-order valence-electron chi connectivity index (χ0n) is 22.3. The molecule has 4 rings (SSSR count). The Kier molecular flexibility index (Phi) is 7.69. The van der Waals surface area contributed by atoms with E-state index in [-0.39, 0.29) is 29.3 Å². The van der Waals surface area contributed by atoms with E-state index < -0.39 is 12.1 Å². The second-order valence-electron chi connectivity index (χ2n) is 10.1. The third-order valence-electron chi connectivity index (χ3n) is 7.60. The Morgan fingerprint density at radius 3 is 2.31 bits per heavy atom. The summed E-state index contributed by atoms with van der Waals surface area (Å²) in [6, 6.07) is 3.54. The Morgan fingerprint density at radius 2 is 1.78 bits per heavy atom. The summed E-state index contributed by atoms with van der Waals surface area (Å²) >= 11 is 0. The molecule has 0 N–H and O–H groups in total. The fourth-order valence-electron chi connectivity index (χ4n) is 5.62. The van der Waals surface area contributed by atoms with Crippen LogP contribution in [0.2, 0.25) is 0 Å². The van der Waals surface area contributed by atoms with Crippen molar-refractivity contribution in [2.75, 3.05) is 35.0 Å². The normalized spacial score (nSPS) is 32.8. The van der Waals surface area contributed by atoms with Crippen molar-refractivity contribution in [3.05, 3.63) is 35.4 Å². The number of esters is 1. The molecule has 0 bridgehead atoms. The molecule has 8 nitrogen and oxygen atoms in total. The lowest BCUT2D eigenvalue weighted by Crippen LogP contribution is -2.55. The summed E-state index contributed by atoms with van der Waals surface area (Å²) in [6.45, 7) is 6.99. The first-order valence-corrected chi connectivity index (χ1v) is 12.4. The van der Waals surface area contributed by atoms with Gasteiger partial charge >= 0.3 is 5.97 Å². The van der Waals surface area contributed by atoms with E-state index in [1.54, 1.807) is 46.6 Å². The summed E-state index contributed by atoms with van der Waals surface area (Å²) in [6.07, 6.45) is 7.00. The van der Waals surface area contributed by atoms with Crippen LogP contribution in [0.25, 0.3) is 6.08 Å². The van der Waals surface area contributed by atoms with Gasteiger partial charge in [0.2, 0.25) is 5.75 Å². The number of ether oxygens (including phenoxy) is 7. The first kappa shape index (κ1) is 26.5. The Labute approximate surface area is 213 Å². The molecular formula is C28H38O8. The minimum Gasteiger partial charge on any atom is -0.493 e. The van der Waals surface area contributed by atoms with Crippen LogP contribution in [0.4, 0.5) is 0 Å². The van der Waals surface area contributed by atoms with Crippen LogP contribution in [-0.2, 0) is 23.7 Å². The van der Waals surface area contributed by atoms with Crippen molar-refractivity contribution in [3.63, 3.8) is 0 Å². The highest BCUT2D eigenvalue weighted by Gasteiger charge is 2.72. The van der Waals surface area contributed by atoms with Gasteiger partial charge in [-0.2, -0.15) is 0 Å². The van der Waals surface area contributed by atoms with Crippen LogP contribution < -0.4 is 14.2 Å². The van der Waals surface area contributed by atoms with Crippen molar-refractivity contribution in [1.82, 2.24) is 0 Å². The van der Waals surface area contributed by atoms with Crippen LogP contribution in [-0.4, -0.2) is 70.5 Å². The molecule has 0 radical (unpaired) electrons. The number of allylic oxidation sites excluding steroid dienone is 1. The van der Waals surface area contributed by atoms with E-state index in [1.165, 1.54) is 11.6 Å². The number of rotatable bonds is 10. The van der Waals surface area contributed by atoms with E-state index in [4.69, 9.17) is 33.2 Å². The minimum absolute atomic E-state index is 0.0174. The highest BCUT2D eigenvalue weighted by atomic mass is 16.6. The monoisotopic (exact) mass is 502 g/mol. The molecule has 1 aliphatic carbocycles. The highest BCUT2D eigenvalue weighted by Crippen LogP contribution is 2.59. The van der Waals surface area contributed by atoms with E-state index in [0.29, 0.717) is 30.3 Å². The third-order valence-corrected chi connectivity index (χ3v) is 7.60. The molecular weight excluding hydrogens is 464 g/mol. The smallest absolute Gasteiger partial charge is 0.331 e. The molecule has 1 aromatic carbocycles. The van der Waals surface area contributed by atoms with E-state index in [9.17, 15) is 4.79 Å². The van der Waals surface area contributed by atoms with Gasteiger partial charge in [-0.05, 0) is 63.8 Å². The standard InChI is InChI=1S/C28H38O8/c1-17(2)8-10-22-27(3,36-22)26-25(33-7)19(12-13-28(26)16-34-28)35-23(29)11-9-18-14-20(30-4)24(32-6)21(15-18)31-5/h8-9,11,14-15,19,22,25-26H,10,12-13,16H2,1-7H3/b11-9+/t19-,22+,25-,26-,27?,28?/m1/s1. The predicted octanol–water partition coefficient (Wildman–Crippen LogP) is 4.35. The summed E-state index contributed by atoms with van der Waals surface area (Å²) in [5.41, 5.74) is 1.35. The number of hydrogen-bond donors (Lipinski definition) is 0. The lowest BCUT2D eigenvalue weighted by molar-refractivity contribution is -0.166. The maximum Gasteiger partial charge on any atom is 0.331 e. The largest absolute Gasteiger partial charge is 0.493 e. The summed E-state index contributed by atoms with van der Waals surface area (Å²) < 4.78 is 40.2. The molecule has 2 heterocycles. The summed E-state index contributed by atoms with van der Waals surface area (Å²) in [5, 5.41) is 0. The Bertz CT molecular complexity index is 997. The number of epoxide rings is 2. The average molecular weight is 503 g/mol. The SMILES string of the molecule is COc1cc(/C=C/C(=O)O[C@@H]2CCC3(CO3)[C@@H](C3(C)O[C@H]3CC=C(C)C)[C@@H]2OC)cc(OC)c1OC. The quantitative estimate of drug-likeness (QED) is 0.202. The molecule has 1 aromatic rings. The lowest BCUT2D eigenvalue weighted by atomic mass is 9.68. The Balaban J connectivity index is 1.47. The van der Waals surface area contributed by atoms with E-state index >= 15 is 0 Å². The second-order valence-corrected chi connectivity index (χ2v) is 10.1. The Morgan fingerprint density at radius 1 is 1.11 bits per heavy atom. The van der Waals surface area contributed by atoms with Gasteiger partial charge in [-0.1, -0.05) is 11.6 Å². The molecule has 1 saturated carbocycles. The molecule has 0 amide bonds. The van der Waals surface area contributed by atoms with Gasteiger partial charge in [0.15, 0.2) is 11.5 Å². The maximum atomic E-state index is 12.8. The fraction of sp³-hybridized carbons (Fsp3) is 0.607. The molecule has 2 unspecified atom stereocenters. The summed E-state index contributed by atoms with van der Waals surface area (Å²) in [7, 11) is 6.31. The molecule has 1 spiro atoms. The maximum absolute atomic E-state index is 12.8. The van der Waals surface area contributed by atoms with Gasteiger partial charge in [0.05, 0.1) is 40.0 Å². The zero-order valence-corrected chi connectivity index (χ0v) is 22.3. The first-order valence-electron chi connectivity index (χ1n) is 12.4. The molecule has 2 aliphatic heterocycles. The van der Waals surface area contributed by atoms with Crippen molar-refractivity contribution in [3.8, 4) is 17.2 Å². The van der Waals surface area contributed by atoms with Crippen molar-refractivity contribution < 1.29 is 38.0 Å². The van der Waals surface area contributed by atoms with Gasteiger partial charge in [-0.15, -0.1) is 0 Å². The van der Waals surface area contributed by atoms with E-state index in [2.05, 4.69) is 26.8 Å². The predicted molar refractivity (Wildman–Crippen MR) is 135 cm³/mol. The van der Waals surface area contributed by atoms with Gasteiger partial charge in [0, 0.05) is 13.2 Å². The topological polar surface area (TPSA) is 88.3 Å². The number of methoxy groups -OCH3 is 4. The number of hydrogen-bond acceptors (Lipinski definition) is 8. The molecule has 3 aliphatic rings.